The maximum atomic E-state index is 13.1. The first kappa shape index (κ1) is 22.0. The number of carbonyl (C=O) groups is 3. The Morgan fingerprint density at radius 3 is 2.73 bits per heavy atom. The summed E-state index contributed by atoms with van der Waals surface area (Å²) < 4.78 is 21.6. The third-order valence-electron chi connectivity index (χ3n) is 4.66. The Morgan fingerprint density at radius 1 is 1.18 bits per heavy atom. The van der Waals surface area contributed by atoms with Crippen molar-refractivity contribution in [2.45, 2.75) is 6.92 Å². The summed E-state index contributed by atoms with van der Waals surface area (Å²) >= 11 is 6.32. The minimum atomic E-state index is -0.882. The van der Waals surface area contributed by atoms with E-state index in [0.29, 0.717) is 29.4 Å². The zero-order chi connectivity index (χ0) is 23.5. The molecule has 33 heavy (non-hydrogen) atoms. The first-order valence-corrected chi connectivity index (χ1v) is 10.1. The van der Waals surface area contributed by atoms with Crippen LogP contribution in [0.1, 0.15) is 12.5 Å². The van der Waals surface area contributed by atoms with Crippen LogP contribution in [0, 0.1) is 12.3 Å². The number of anilines is 1. The predicted molar refractivity (Wildman–Crippen MR) is 119 cm³/mol. The SMILES string of the molecule is C#CCOc1c(Cl)cc(/C=C2\C(=O)NC(=O)N(c3ccc4c(c3)OCO4)C2=O)cc1OCC. The maximum Gasteiger partial charge on any atom is 0.335 e. The second-order valence-corrected chi connectivity index (χ2v) is 7.16. The molecule has 0 unspecified atom stereocenters. The van der Waals surface area contributed by atoms with Gasteiger partial charge in [0.1, 0.15) is 12.2 Å². The van der Waals surface area contributed by atoms with Crippen LogP contribution >= 0.6 is 11.6 Å². The molecule has 2 heterocycles. The van der Waals surface area contributed by atoms with Crippen molar-refractivity contribution in [2.24, 2.45) is 0 Å². The summed E-state index contributed by atoms with van der Waals surface area (Å²) in [5, 5.41) is 2.34. The first-order valence-electron chi connectivity index (χ1n) is 9.76. The zero-order valence-electron chi connectivity index (χ0n) is 17.3. The minimum Gasteiger partial charge on any atom is -0.490 e. The highest BCUT2D eigenvalue weighted by molar-refractivity contribution is 6.39. The van der Waals surface area contributed by atoms with Crippen molar-refractivity contribution in [3.05, 3.63) is 46.5 Å². The molecular formula is C23H17ClN2O7. The van der Waals surface area contributed by atoms with Crippen LogP contribution in [0.5, 0.6) is 23.0 Å². The molecule has 9 nitrogen and oxygen atoms in total. The summed E-state index contributed by atoms with van der Waals surface area (Å²) in [7, 11) is 0. The van der Waals surface area contributed by atoms with Crippen molar-refractivity contribution in [2.75, 3.05) is 24.9 Å². The number of urea groups is 1. The van der Waals surface area contributed by atoms with Gasteiger partial charge in [-0.2, -0.15) is 0 Å². The van der Waals surface area contributed by atoms with Crippen LogP contribution in [0.4, 0.5) is 10.5 Å². The molecule has 2 aliphatic heterocycles. The summed E-state index contributed by atoms with van der Waals surface area (Å²) in [6, 6.07) is 6.73. The quantitative estimate of drug-likeness (QED) is 0.394. The van der Waals surface area contributed by atoms with Gasteiger partial charge < -0.3 is 18.9 Å². The van der Waals surface area contributed by atoms with E-state index in [1.165, 1.54) is 24.3 Å². The van der Waals surface area contributed by atoms with Gasteiger partial charge in [0.2, 0.25) is 6.79 Å². The van der Waals surface area contributed by atoms with Crippen LogP contribution in [0.2, 0.25) is 5.02 Å². The maximum absolute atomic E-state index is 13.1. The lowest BCUT2D eigenvalue weighted by Gasteiger charge is -2.26. The van der Waals surface area contributed by atoms with Crippen LogP contribution in [0.25, 0.3) is 6.08 Å². The summed E-state index contributed by atoms with van der Waals surface area (Å²) in [5.74, 6) is 2.09. The fourth-order valence-corrected chi connectivity index (χ4v) is 3.54. The lowest BCUT2D eigenvalue weighted by Crippen LogP contribution is -2.54. The van der Waals surface area contributed by atoms with Crippen molar-refractivity contribution in [3.63, 3.8) is 0 Å². The Kier molecular flexibility index (Phi) is 6.11. The molecule has 1 N–H and O–H groups in total. The van der Waals surface area contributed by atoms with Gasteiger partial charge in [-0.05, 0) is 42.8 Å². The standard InChI is InChI=1S/C23H17ClN2O7/c1-3-7-31-20-16(24)9-13(10-19(20)30-4-2)8-15-21(27)25-23(29)26(22(15)28)14-5-6-17-18(11-14)33-12-32-17/h1,5-6,8-11H,4,7,12H2,2H3,(H,25,27,29)/b15-8+. The number of nitrogens with one attached hydrogen (secondary N) is 1. The Bertz CT molecular complexity index is 1230. The number of hydrogen-bond donors (Lipinski definition) is 1. The number of halogens is 1. The highest BCUT2D eigenvalue weighted by Gasteiger charge is 2.37. The van der Waals surface area contributed by atoms with Gasteiger partial charge in [0, 0.05) is 6.07 Å². The van der Waals surface area contributed by atoms with Gasteiger partial charge in [-0.25, -0.2) is 9.69 Å². The van der Waals surface area contributed by atoms with Gasteiger partial charge in [0.15, 0.2) is 23.0 Å². The molecule has 0 saturated carbocycles. The molecule has 2 aromatic rings. The van der Waals surface area contributed by atoms with Gasteiger partial charge in [-0.15, -0.1) is 6.42 Å². The number of amides is 4. The van der Waals surface area contributed by atoms with Crippen LogP contribution in [-0.2, 0) is 9.59 Å². The van der Waals surface area contributed by atoms with Crippen molar-refractivity contribution in [1.29, 1.82) is 0 Å². The zero-order valence-corrected chi connectivity index (χ0v) is 18.1. The number of hydrogen-bond acceptors (Lipinski definition) is 7. The number of benzene rings is 2. The molecule has 4 rings (SSSR count). The van der Waals surface area contributed by atoms with Gasteiger partial charge in [0.05, 0.1) is 17.3 Å². The molecule has 0 aromatic heterocycles. The van der Waals surface area contributed by atoms with Gasteiger partial charge in [-0.3, -0.25) is 14.9 Å². The molecule has 2 aromatic carbocycles. The Hall–Kier alpha value is -4.16. The smallest absolute Gasteiger partial charge is 0.335 e. The van der Waals surface area contributed by atoms with E-state index in [9.17, 15) is 14.4 Å². The van der Waals surface area contributed by atoms with Crippen molar-refractivity contribution < 1.29 is 33.3 Å². The molecule has 4 amide bonds. The molecule has 1 fully saturated rings. The molecule has 0 radical (unpaired) electrons. The highest BCUT2D eigenvalue weighted by Crippen LogP contribution is 2.38. The van der Waals surface area contributed by atoms with E-state index >= 15 is 0 Å². The largest absolute Gasteiger partial charge is 0.490 e. The molecule has 0 bridgehead atoms. The van der Waals surface area contributed by atoms with Crippen molar-refractivity contribution in [1.82, 2.24) is 5.32 Å². The number of rotatable bonds is 6. The number of terminal acetylenes is 1. The van der Waals surface area contributed by atoms with Crippen LogP contribution in [-0.4, -0.2) is 37.9 Å². The van der Waals surface area contributed by atoms with Gasteiger partial charge in [0.25, 0.3) is 11.8 Å². The minimum absolute atomic E-state index is 0.0201. The number of fused-ring (bicyclic) bond motifs is 1. The topological polar surface area (TPSA) is 103 Å². The normalized spacial score (nSPS) is 16.0. The Labute approximate surface area is 193 Å². The van der Waals surface area contributed by atoms with Gasteiger partial charge in [-0.1, -0.05) is 17.5 Å². The third-order valence-corrected chi connectivity index (χ3v) is 4.94. The Balaban J connectivity index is 1.71. The molecule has 0 spiro atoms. The second-order valence-electron chi connectivity index (χ2n) is 6.75. The van der Waals surface area contributed by atoms with E-state index < -0.39 is 17.8 Å². The van der Waals surface area contributed by atoms with E-state index in [1.54, 1.807) is 19.1 Å². The molecular weight excluding hydrogens is 452 g/mol. The summed E-state index contributed by atoms with van der Waals surface area (Å²) in [6.07, 6.45) is 6.55. The summed E-state index contributed by atoms with van der Waals surface area (Å²) in [4.78, 5) is 38.9. The number of ether oxygens (including phenoxy) is 4. The molecule has 2 aliphatic rings. The van der Waals surface area contributed by atoms with Crippen LogP contribution < -0.4 is 29.2 Å². The molecule has 0 atom stereocenters. The lowest BCUT2D eigenvalue weighted by molar-refractivity contribution is -0.122. The number of barbiturate groups is 1. The lowest BCUT2D eigenvalue weighted by atomic mass is 10.1. The Morgan fingerprint density at radius 2 is 1.97 bits per heavy atom. The average Bonchev–Trinajstić information content (AvgIpc) is 3.24. The predicted octanol–water partition coefficient (Wildman–Crippen LogP) is 3.15. The van der Waals surface area contributed by atoms with E-state index in [0.717, 1.165) is 4.90 Å². The fourth-order valence-electron chi connectivity index (χ4n) is 3.27. The van der Waals surface area contributed by atoms with Crippen molar-refractivity contribution in [3.8, 4) is 35.3 Å². The third kappa shape index (κ3) is 4.29. The van der Waals surface area contributed by atoms with Crippen LogP contribution in [0.15, 0.2) is 35.9 Å². The monoisotopic (exact) mass is 468 g/mol. The van der Waals surface area contributed by atoms with E-state index in [2.05, 4.69) is 11.2 Å². The van der Waals surface area contributed by atoms with Crippen LogP contribution in [0.3, 0.4) is 0 Å². The van der Waals surface area contributed by atoms with E-state index in [-0.39, 0.29) is 35.4 Å². The molecule has 1 saturated heterocycles. The van der Waals surface area contributed by atoms with Gasteiger partial charge >= 0.3 is 6.03 Å². The molecule has 168 valence electrons. The summed E-state index contributed by atoms with van der Waals surface area (Å²) in [6.45, 7) is 2.10. The first-order chi connectivity index (χ1) is 15.9. The fraction of sp³-hybridized carbons (Fsp3) is 0.174. The van der Waals surface area contributed by atoms with Crippen molar-refractivity contribution >= 4 is 41.2 Å². The van der Waals surface area contributed by atoms with E-state index in [4.69, 9.17) is 37.0 Å². The average molecular weight is 469 g/mol. The van der Waals surface area contributed by atoms with E-state index in [1.807, 2.05) is 0 Å². The molecule has 0 aliphatic carbocycles. The summed E-state index contributed by atoms with van der Waals surface area (Å²) in [5.41, 5.74) is 0.323. The second kappa shape index (κ2) is 9.14. The number of nitrogens with zero attached hydrogens (tertiary/aromatic N) is 1. The highest BCUT2D eigenvalue weighted by atomic mass is 35.5. The molecule has 10 heteroatoms. The number of imide groups is 2. The number of carbonyl (C=O) groups excluding carboxylic acids is 3.